The lowest BCUT2D eigenvalue weighted by atomic mass is 10.3. The number of thioether (sulfide) groups is 1. The molecule has 0 aliphatic heterocycles. The molecule has 2 N–H and O–H groups in total. The first-order valence-corrected chi connectivity index (χ1v) is 7.30. The Morgan fingerprint density at radius 1 is 1.35 bits per heavy atom. The van der Waals surface area contributed by atoms with Gasteiger partial charge in [-0.05, 0) is 18.6 Å². The quantitative estimate of drug-likeness (QED) is 0.537. The zero-order valence-corrected chi connectivity index (χ0v) is 12.2. The summed E-state index contributed by atoms with van der Waals surface area (Å²) in [6.07, 6.45) is 0.724. The largest absolute Gasteiger partial charge is 0.480 e. The Morgan fingerprint density at radius 3 is 2.65 bits per heavy atom. The van der Waals surface area contributed by atoms with Gasteiger partial charge < -0.3 is 15.2 Å². The fraction of sp³-hybridized carbons (Fsp3) is 0.429. The zero-order chi connectivity index (χ0) is 14.8. The fourth-order valence-electron chi connectivity index (χ4n) is 1.51. The molecule has 5 nitrogen and oxygen atoms in total. The molecule has 1 aromatic rings. The SMILES string of the molecule is CCC(Sc1ccccc1)C(=O)NCCOCC(=O)O. The highest BCUT2D eigenvalue weighted by molar-refractivity contribution is 8.00. The molecule has 0 spiro atoms. The van der Waals surface area contributed by atoms with Gasteiger partial charge in [0.15, 0.2) is 0 Å². The average molecular weight is 297 g/mol. The average Bonchev–Trinajstić information content (AvgIpc) is 2.45. The third-order valence-corrected chi connectivity index (χ3v) is 3.83. The minimum atomic E-state index is -1.01. The van der Waals surface area contributed by atoms with E-state index in [4.69, 9.17) is 9.84 Å². The van der Waals surface area contributed by atoms with Gasteiger partial charge in [0.25, 0.3) is 0 Å². The number of hydrogen-bond donors (Lipinski definition) is 2. The Balaban J connectivity index is 2.30. The van der Waals surface area contributed by atoms with Crippen molar-refractivity contribution in [3.05, 3.63) is 30.3 Å². The zero-order valence-electron chi connectivity index (χ0n) is 11.4. The van der Waals surface area contributed by atoms with Crippen LogP contribution in [0.3, 0.4) is 0 Å². The van der Waals surface area contributed by atoms with Gasteiger partial charge in [0.1, 0.15) is 6.61 Å². The molecular weight excluding hydrogens is 278 g/mol. The van der Waals surface area contributed by atoms with E-state index in [1.807, 2.05) is 37.3 Å². The number of carboxylic acid groups (broad SMARTS) is 1. The van der Waals surface area contributed by atoms with Gasteiger partial charge in [-0.3, -0.25) is 4.79 Å². The van der Waals surface area contributed by atoms with E-state index in [-0.39, 0.29) is 24.4 Å². The van der Waals surface area contributed by atoms with Crippen molar-refractivity contribution >= 4 is 23.6 Å². The van der Waals surface area contributed by atoms with Crippen LogP contribution < -0.4 is 5.32 Å². The van der Waals surface area contributed by atoms with Crippen molar-refractivity contribution in [1.82, 2.24) is 5.32 Å². The molecular formula is C14H19NO4S. The van der Waals surface area contributed by atoms with E-state index in [0.29, 0.717) is 6.54 Å². The maximum Gasteiger partial charge on any atom is 0.329 e. The first-order valence-electron chi connectivity index (χ1n) is 6.42. The first-order chi connectivity index (χ1) is 9.63. The molecule has 1 atom stereocenters. The van der Waals surface area contributed by atoms with E-state index in [1.165, 1.54) is 11.8 Å². The number of carbonyl (C=O) groups excluding carboxylic acids is 1. The standard InChI is InChI=1S/C14H19NO4S/c1-2-12(20-11-6-4-3-5-7-11)14(18)15-8-9-19-10-13(16)17/h3-7,12H,2,8-10H2,1H3,(H,15,18)(H,16,17). The molecule has 0 bridgehead atoms. The van der Waals surface area contributed by atoms with Gasteiger partial charge in [-0.25, -0.2) is 4.79 Å². The number of aliphatic carboxylic acids is 1. The summed E-state index contributed by atoms with van der Waals surface area (Å²) in [6, 6.07) is 9.75. The van der Waals surface area contributed by atoms with E-state index in [1.54, 1.807) is 0 Å². The van der Waals surface area contributed by atoms with Gasteiger partial charge in [0.2, 0.25) is 5.91 Å². The van der Waals surface area contributed by atoms with Gasteiger partial charge in [0.05, 0.1) is 11.9 Å². The third-order valence-electron chi connectivity index (χ3n) is 2.46. The molecule has 1 unspecified atom stereocenters. The van der Waals surface area contributed by atoms with Crippen LogP contribution in [0.25, 0.3) is 0 Å². The lowest BCUT2D eigenvalue weighted by Crippen LogP contribution is -2.34. The van der Waals surface area contributed by atoms with Gasteiger partial charge in [-0.1, -0.05) is 25.1 Å². The molecule has 0 saturated carbocycles. The fourth-order valence-corrected chi connectivity index (χ4v) is 2.51. The van der Waals surface area contributed by atoms with Crippen LogP contribution in [-0.2, 0) is 14.3 Å². The number of carbonyl (C=O) groups is 2. The molecule has 0 aromatic heterocycles. The van der Waals surface area contributed by atoms with Gasteiger partial charge in [-0.15, -0.1) is 11.8 Å². The molecule has 20 heavy (non-hydrogen) atoms. The second-order valence-corrected chi connectivity index (χ2v) is 5.34. The van der Waals surface area contributed by atoms with E-state index in [9.17, 15) is 9.59 Å². The van der Waals surface area contributed by atoms with Crippen molar-refractivity contribution in [2.45, 2.75) is 23.5 Å². The Labute approximate surface area is 122 Å². The molecule has 1 aromatic carbocycles. The molecule has 6 heteroatoms. The minimum Gasteiger partial charge on any atom is -0.480 e. The summed E-state index contributed by atoms with van der Waals surface area (Å²) in [4.78, 5) is 23.3. The molecule has 1 rings (SSSR count). The predicted octanol–water partition coefficient (Wildman–Crippen LogP) is 1.77. The Morgan fingerprint density at radius 2 is 2.05 bits per heavy atom. The van der Waals surface area contributed by atoms with Gasteiger partial charge in [0, 0.05) is 11.4 Å². The monoisotopic (exact) mass is 297 g/mol. The molecule has 0 heterocycles. The summed E-state index contributed by atoms with van der Waals surface area (Å²) in [5, 5.41) is 11.0. The topological polar surface area (TPSA) is 75.6 Å². The normalized spacial score (nSPS) is 11.8. The Bertz CT molecular complexity index is 424. The maximum absolute atomic E-state index is 12.0. The second kappa shape index (κ2) is 9.39. The van der Waals surface area contributed by atoms with Gasteiger partial charge >= 0.3 is 5.97 Å². The molecule has 1 amide bonds. The van der Waals surface area contributed by atoms with Crippen LogP contribution in [-0.4, -0.2) is 42.0 Å². The molecule has 0 fully saturated rings. The van der Waals surface area contributed by atoms with Crippen LogP contribution in [0.2, 0.25) is 0 Å². The number of benzene rings is 1. The summed E-state index contributed by atoms with van der Waals surface area (Å²) in [5.74, 6) is -1.07. The van der Waals surface area contributed by atoms with Gasteiger partial charge in [-0.2, -0.15) is 0 Å². The van der Waals surface area contributed by atoms with Crippen LogP contribution >= 0.6 is 11.8 Å². The number of hydrogen-bond acceptors (Lipinski definition) is 4. The number of carboxylic acids is 1. The third kappa shape index (κ3) is 6.58. The molecule has 0 aliphatic carbocycles. The molecule has 0 aliphatic rings. The van der Waals surface area contributed by atoms with Crippen molar-refractivity contribution in [2.75, 3.05) is 19.8 Å². The summed E-state index contributed by atoms with van der Waals surface area (Å²) in [6.45, 7) is 2.13. The van der Waals surface area contributed by atoms with E-state index in [0.717, 1.165) is 11.3 Å². The van der Waals surface area contributed by atoms with Crippen LogP contribution in [0.15, 0.2) is 35.2 Å². The van der Waals surface area contributed by atoms with Crippen molar-refractivity contribution in [3.63, 3.8) is 0 Å². The van der Waals surface area contributed by atoms with Crippen LogP contribution in [0.5, 0.6) is 0 Å². The Hall–Kier alpha value is -1.53. The number of ether oxygens (including phenoxy) is 1. The summed E-state index contributed by atoms with van der Waals surface area (Å²) in [7, 11) is 0. The number of nitrogens with one attached hydrogen (secondary N) is 1. The summed E-state index contributed by atoms with van der Waals surface area (Å²) < 4.78 is 4.86. The van der Waals surface area contributed by atoms with Crippen molar-refractivity contribution in [2.24, 2.45) is 0 Å². The lowest BCUT2D eigenvalue weighted by Gasteiger charge is -2.14. The number of amides is 1. The van der Waals surface area contributed by atoms with Crippen LogP contribution in [0.4, 0.5) is 0 Å². The highest BCUT2D eigenvalue weighted by atomic mass is 32.2. The lowest BCUT2D eigenvalue weighted by molar-refractivity contribution is -0.142. The van der Waals surface area contributed by atoms with E-state index >= 15 is 0 Å². The Kier molecular flexibility index (Phi) is 7.75. The number of rotatable bonds is 9. The van der Waals surface area contributed by atoms with Crippen LogP contribution in [0.1, 0.15) is 13.3 Å². The van der Waals surface area contributed by atoms with Crippen molar-refractivity contribution in [1.29, 1.82) is 0 Å². The molecule has 0 saturated heterocycles. The first kappa shape index (κ1) is 16.5. The predicted molar refractivity (Wildman–Crippen MR) is 77.8 cm³/mol. The highest BCUT2D eigenvalue weighted by Crippen LogP contribution is 2.24. The molecule has 110 valence electrons. The smallest absolute Gasteiger partial charge is 0.329 e. The minimum absolute atomic E-state index is 0.0553. The van der Waals surface area contributed by atoms with Crippen molar-refractivity contribution in [3.8, 4) is 0 Å². The summed E-state index contributed by atoms with van der Waals surface area (Å²) >= 11 is 1.52. The molecule has 0 radical (unpaired) electrons. The highest BCUT2D eigenvalue weighted by Gasteiger charge is 2.17. The van der Waals surface area contributed by atoms with E-state index in [2.05, 4.69) is 5.32 Å². The summed E-state index contributed by atoms with van der Waals surface area (Å²) in [5.41, 5.74) is 0. The maximum atomic E-state index is 12.0. The van der Waals surface area contributed by atoms with E-state index < -0.39 is 5.97 Å². The second-order valence-electron chi connectivity index (χ2n) is 4.07. The van der Waals surface area contributed by atoms with Crippen LogP contribution in [0, 0.1) is 0 Å². The van der Waals surface area contributed by atoms with Crippen molar-refractivity contribution < 1.29 is 19.4 Å².